The minimum atomic E-state index is -0.740. The summed E-state index contributed by atoms with van der Waals surface area (Å²) in [5, 5.41) is 1.58. The van der Waals surface area contributed by atoms with E-state index in [9.17, 15) is 9.59 Å². The quantitative estimate of drug-likeness (QED) is 0.871. The number of nitrogens with zero attached hydrogens (tertiary/aromatic N) is 1. The molecule has 0 saturated carbocycles. The Labute approximate surface area is 140 Å². The molecule has 0 spiro atoms. The summed E-state index contributed by atoms with van der Waals surface area (Å²) in [6.07, 6.45) is 0. The summed E-state index contributed by atoms with van der Waals surface area (Å²) in [4.78, 5) is 24.8. The van der Waals surface area contributed by atoms with E-state index in [-0.39, 0.29) is 0 Å². The molecule has 0 aliphatic carbocycles. The lowest BCUT2D eigenvalue weighted by Gasteiger charge is -2.28. The standard InChI is InChI=1S/C18H18N2O4/c1-23-17(21)15-13-10-6-7-11-14(13)16(18(22)24-2)20(15)19-12-8-4-3-5-9-12/h3-11,15-16,19H,1-2H3/t15-,16+. The number of esters is 2. The van der Waals surface area contributed by atoms with Crippen LogP contribution in [0.4, 0.5) is 5.69 Å². The Balaban J connectivity index is 2.07. The fourth-order valence-corrected chi connectivity index (χ4v) is 2.95. The Hall–Kier alpha value is -2.86. The first kappa shape index (κ1) is 16.0. The second-order valence-electron chi connectivity index (χ2n) is 5.37. The first-order valence-corrected chi connectivity index (χ1v) is 7.52. The number of anilines is 1. The molecule has 1 heterocycles. The number of fused-ring (bicyclic) bond motifs is 1. The van der Waals surface area contributed by atoms with Crippen molar-refractivity contribution in [2.45, 2.75) is 12.1 Å². The number of rotatable bonds is 4. The van der Waals surface area contributed by atoms with Gasteiger partial charge in [0.25, 0.3) is 0 Å². The fraction of sp³-hybridized carbons (Fsp3) is 0.222. The average Bonchev–Trinajstić information content (AvgIpc) is 2.95. The Bertz CT molecular complexity index is 705. The molecule has 124 valence electrons. The summed E-state index contributed by atoms with van der Waals surface area (Å²) < 4.78 is 9.90. The van der Waals surface area contributed by atoms with Gasteiger partial charge in [-0.25, -0.2) is 9.59 Å². The van der Waals surface area contributed by atoms with Gasteiger partial charge in [0, 0.05) is 5.69 Å². The van der Waals surface area contributed by atoms with Crippen LogP contribution in [-0.2, 0) is 19.1 Å². The van der Waals surface area contributed by atoms with Crippen molar-refractivity contribution in [1.29, 1.82) is 0 Å². The van der Waals surface area contributed by atoms with Gasteiger partial charge >= 0.3 is 11.9 Å². The molecule has 0 radical (unpaired) electrons. The zero-order chi connectivity index (χ0) is 17.1. The highest BCUT2D eigenvalue weighted by Gasteiger charge is 2.47. The molecule has 0 saturated heterocycles. The van der Waals surface area contributed by atoms with Crippen LogP contribution in [0.2, 0.25) is 0 Å². The lowest BCUT2D eigenvalue weighted by Crippen LogP contribution is -2.39. The highest BCUT2D eigenvalue weighted by atomic mass is 16.5. The monoisotopic (exact) mass is 326 g/mol. The first-order valence-electron chi connectivity index (χ1n) is 7.52. The maximum absolute atomic E-state index is 12.4. The maximum atomic E-state index is 12.4. The van der Waals surface area contributed by atoms with Gasteiger partial charge in [-0.3, -0.25) is 0 Å². The van der Waals surface area contributed by atoms with Crippen LogP contribution < -0.4 is 5.43 Å². The van der Waals surface area contributed by atoms with Gasteiger partial charge in [0.1, 0.15) is 0 Å². The molecular formula is C18H18N2O4. The van der Waals surface area contributed by atoms with E-state index in [2.05, 4.69) is 5.43 Å². The molecule has 6 nitrogen and oxygen atoms in total. The summed E-state index contributed by atoms with van der Waals surface area (Å²) in [5.41, 5.74) is 5.36. The van der Waals surface area contributed by atoms with Crippen molar-refractivity contribution >= 4 is 17.6 Å². The van der Waals surface area contributed by atoms with Crippen LogP contribution in [0.5, 0.6) is 0 Å². The number of hydrogen-bond donors (Lipinski definition) is 1. The molecular weight excluding hydrogens is 308 g/mol. The van der Waals surface area contributed by atoms with E-state index in [0.29, 0.717) is 0 Å². The smallest absolute Gasteiger partial charge is 0.329 e. The van der Waals surface area contributed by atoms with Crippen LogP contribution in [0.15, 0.2) is 54.6 Å². The van der Waals surface area contributed by atoms with Gasteiger partial charge in [-0.15, -0.1) is 0 Å². The Morgan fingerprint density at radius 3 is 1.75 bits per heavy atom. The summed E-state index contributed by atoms with van der Waals surface area (Å²) >= 11 is 0. The van der Waals surface area contributed by atoms with Crippen molar-refractivity contribution in [2.24, 2.45) is 0 Å². The van der Waals surface area contributed by atoms with E-state index in [1.165, 1.54) is 14.2 Å². The summed E-state index contributed by atoms with van der Waals surface area (Å²) in [6.45, 7) is 0. The summed E-state index contributed by atoms with van der Waals surface area (Å²) in [7, 11) is 2.66. The van der Waals surface area contributed by atoms with Gasteiger partial charge in [0.05, 0.1) is 14.2 Å². The van der Waals surface area contributed by atoms with E-state index in [1.54, 1.807) is 5.01 Å². The molecule has 0 amide bonds. The molecule has 2 aromatic rings. The third kappa shape index (κ3) is 2.72. The molecule has 1 aliphatic heterocycles. The number of carbonyl (C=O) groups is 2. The zero-order valence-electron chi connectivity index (χ0n) is 13.4. The van der Waals surface area contributed by atoms with Gasteiger partial charge in [-0.05, 0) is 23.3 Å². The minimum absolute atomic E-state index is 0.447. The number of hydrogen-bond acceptors (Lipinski definition) is 6. The molecule has 1 N–H and O–H groups in total. The van der Waals surface area contributed by atoms with Gasteiger partial charge in [-0.2, -0.15) is 5.01 Å². The van der Waals surface area contributed by atoms with Gasteiger partial charge in [0.15, 0.2) is 12.1 Å². The van der Waals surface area contributed by atoms with Crippen LogP contribution >= 0.6 is 0 Å². The number of ether oxygens (including phenoxy) is 2. The minimum Gasteiger partial charge on any atom is -0.468 e. The molecule has 3 rings (SSSR count). The fourth-order valence-electron chi connectivity index (χ4n) is 2.95. The number of para-hydroxylation sites is 1. The lowest BCUT2D eigenvalue weighted by atomic mass is 10.0. The number of benzene rings is 2. The average molecular weight is 326 g/mol. The van der Waals surface area contributed by atoms with E-state index >= 15 is 0 Å². The maximum Gasteiger partial charge on any atom is 0.329 e. The topological polar surface area (TPSA) is 67.9 Å². The van der Waals surface area contributed by atoms with Crippen LogP contribution in [0, 0.1) is 0 Å². The third-order valence-corrected chi connectivity index (χ3v) is 4.02. The first-order chi connectivity index (χ1) is 11.7. The van der Waals surface area contributed by atoms with Crippen molar-refractivity contribution < 1.29 is 19.1 Å². The zero-order valence-corrected chi connectivity index (χ0v) is 13.4. The second-order valence-corrected chi connectivity index (χ2v) is 5.37. The third-order valence-electron chi connectivity index (χ3n) is 4.02. The molecule has 0 bridgehead atoms. The lowest BCUT2D eigenvalue weighted by molar-refractivity contribution is -0.152. The van der Waals surface area contributed by atoms with Crippen molar-refractivity contribution in [1.82, 2.24) is 5.01 Å². The molecule has 0 aromatic heterocycles. The van der Waals surface area contributed by atoms with Crippen LogP contribution in [0.1, 0.15) is 23.2 Å². The number of hydrazine groups is 1. The Morgan fingerprint density at radius 1 is 0.833 bits per heavy atom. The van der Waals surface area contributed by atoms with Gasteiger partial charge in [0.2, 0.25) is 0 Å². The molecule has 0 fully saturated rings. The highest BCUT2D eigenvalue weighted by molar-refractivity contribution is 5.86. The van der Waals surface area contributed by atoms with E-state index in [1.807, 2.05) is 54.6 Å². The summed E-state index contributed by atoms with van der Waals surface area (Å²) in [5.74, 6) is -0.894. The molecule has 6 heteroatoms. The van der Waals surface area contributed by atoms with E-state index in [0.717, 1.165) is 16.8 Å². The van der Waals surface area contributed by atoms with Crippen LogP contribution in [0.3, 0.4) is 0 Å². The number of methoxy groups -OCH3 is 2. The van der Waals surface area contributed by atoms with Gasteiger partial charge < -0.3 is 14.9 Å². The van der Waals surface area contributed by atoms with Crippen molar-refractivity contribution in [3.63, 3.8) is 0 Å². The van der Waals surface area contributed by atoms with Crippen molar-refractivity contribution in [3.05, 3.63) is 65.7 Å². The predicted octanol–water partition coefficient (Wildman–Crippen LogP) is 2.46. The normalized spacial score (nSPS) is 19.4. The van der Waals surface area contributed by atoms with Gasteiger partial charge in [-0.1, -0.05) is 42.5 Å². The number of carbonyl (C=O) groups excluding carboxylic acids is 2. The largest absolute Gasteiger partial charge is 0.468 e. The molecule has 0 unspecified atom stereocenters. The Kier molecular flexibility index (Phi) is 4.48. The molecule has 24 heavy (non-hydrogen) atoms. The summed E-state index contributed by atoms with van der Waals surface area (Å²) in [6, 6.07) is 15.1. The molecule has 2 aromatic carbocycles. The Morgan fingerprint density at radius 2 is 1.29 bits per heavy atom. The highest BCUT2D eigenvalue weighted by Crippen LogP contribution is 2.43. The van der Waals surface area contributed by atoms with Crippen molar-refractivity contribution in [3.8, 4) is 0 Å². The van der Waals surface area contributed by atoms with Crippen molar-refractivity contribution in [2.75, 3.05) is 19.6 Å². The SMILES string of the molecule is COC(=O)[C@@H]1c2ccccc2[C@H](C(=O)OC)N1Nc1ccccc1. The van der Waals surface area contributed by atoms with Crippen LogP contribution in [-0.4, -0.2) is 31.2 Å². The molecule has 1 aliphatic rings. The predicted molar refractivity (Wildman–Crippen MR) is 87.9 cm³/mol. The number of nitrogens with one attached hydrogen (secondary N) is 1. The van der Waals surface area contributed by atoms with E-state index in [4.69, 9.17) is 9.47 Å². The second kappa shape index (κ2) is 6.72. The van der Waals surface area contributed by atoms with E-state index < -0.39 is 24.0 Å². The van der Waals surface area contributed by atoms with Crippen LogP contribution in [0.25, 0.3) is 0 Å². The molecule has 2 atom stereocenters.